The van der Waals surface area contributed by atoms with Gasteiger partial charge in [-0.3, -0.25) is 9.69 Å². The zero-order valence-corrected chi connectivity index (χ0v) is 10.5. The second kappa shape index (κ2) is 9.35. The number of hydrogen-bond acceptors (Lipinski definition) is 5. The number of nitrogens with one attached hydrogen (secondary N) is 2. The maximum Gasteiger partial charge on any atom is 0.234 e. The summed E-state index contributed by atoms with van der Waals surface area (Å²) in [7, 11) is 1.64. The molecule has 0 aromatic carbocycles. The number of carbonyl (C=O) groups excluding carboxylic acids is 1. The van der Waals surface area contributed by atoms with Crippen LogP contribution < -0.4 is 10.6 Å². The van der Waals surface area contributed by atoms with Crippen LogP contribution in [0.15, 0.2) is 0 Å². The average Bonchev–Trinajstić information content (AvgIpc) is 2.35. The summed E-state index contributed by atoms with van der Waals surface area (Å²) in [5, 5.41) is 6.09. The van der Waals surface area contributed by atoms with Gasteiger partial charge in [-0.1, -0.05) is 0 Å². The Morgan fingerprint density at radius 3 is 2.76 bits per heavy atom. The molecule has 1 amide bonds. The first kappa shape index (κ1) is 14.4. The molecule has 1 rings (SSSR count). The molecule has 0 atom stereocenters. The number of methoxy groups -OCH3 is 1. The van der Waals surface area contributed by atoms with Crippen molar-refractivity contribution in [1.29, 1.82) is 0 Å². The van der Waals surface area contributed by atoms with Crippen molar-refractivity contribution in [2.75, 3.05) is 66.2 Å². The minimum atomic E-state index is 0.0715. The summed E-state index contributed by atoms with van der Waals surface area (Å²) >= 11 is 0. The van der Waals surface area contributed by atoms with Crippen LogP contribution in [0.1, 0.15) is 0 Å². The van der Waals surface area contributed by atoms with Gasteiger partial charge in [-0.2, -0.15) is 0 Å². The second-order valence-electron chi connectivity index (χ2n) is 3.98. The van der Waals surface area contributed by atoms with Crippen molar-refractivity contribution in [2.45, 2.75) is 0 Å². The largest absolute Gasteiger partial charge is 0.382 e. The van der Waals surface area contributed by atoms with Crippen LogP contribution in [0.2, 0.25) is 0 Å². The molecule has 2 N–H and O–H groups in total. The molecule has 0 aliphatic carbocycles. The summed E-state index contributed by atoms with van der Waals surface area (Å²) in [5.41, 5.74) is 0. The topological polar surface area (TPSA) is 62.8 Å². The number of nitrogens with zero attached hydrogens (tertiary/aromatic N) is 1. The molecular weight excluding hydrogens is 222 g/mol. The highest BCUT2D eigenvalue weighted by molar-refractivity contribution is 5.77. The number of carbonyl (C=O) groups is 1. The van der Waals surface area contributed by atoms with E-state index in [4.69, 9.17) is 9.47 Å². The van der Waals surface area contributed by atoms with Gasteiger partial charge in [0.25, 0.3) is 0 Å². The lowest BCUT2D eigenvalue weighted by Gasteiger charge is -2.26. The van der Waals surface area contributed by atoms with Crippen molar-refractivity contribution in [3.8, 4) is 0 Å². The summed E-state index contributed by atoms with van der Waals surface area (Å²) < 4.78 is 10.1. The predicted molar refractivity (Wildman–Crippen MR) is 65.0 cm³/mol. The molecule has 100 valence electrons. The number of ether oxygens (including phenoxy) is 2. The average molecular weight is 245 g/mol. The molecule has 6 nitrogen and oxygen atoms in total. The van der Waals surface area contributed by atoms with Crippen LogP contribution in [0.5, 0.6) is 0 Å². The predicted octanol–water partition coefficient (Wildman–Crippen LogP) is -1.33. The van der Waals surface area contributed by atoms with Gasteiger partial charge in [0.2, 0.25) is 5.91 Å². The highest BCUT2D eigenvalue weighted by atomic mass is 16.5. The van der Waals surface area contributed by atoms with Crippen LogP contribution in [0, 0.1) is 0 Å². The van der Waals surface area contributed by atoms with E-state index < -0.39 is 0 Å². The van der Waals surface area contributed by atoms with Gasteiger partial charge in [-0.05, 0) is 0 Å². The fourth-order valence-corrected chi connectivity index (χ4v) is 1.64. The molecular formula is C11H23N3O3. The Kier molecular flexibility index (Phi) is 7.91. The Balaban J connectivity index is 1.93. The Labute approximate surface area is 103 Å². The Morgan fingerprint density at radius 1 is 1.29 bits per heavy atom. The lowest BCUT2D eigenvalue weighted by molar-refractivity contribution is -0.122. The summed E-state index contributed by atoms with van der Waals surface area (Å²) in [6.45, 7) is 6.57. The first-order chi connectivity index (χ1) is 8.33. The van der Waals surface area contributed by atoms with Crippen LogP contribution >= 0.6 is 0 Å². The summed E-state index contributed by atoms with van der Waals surface area (Å²) in [6, 6.07) is 0. The Morgan fingerprint density at radius 2 is 2.06 bits per heavy atom. The molecule has 17 heavy (non-hydrogen) atoms. The van der Waals surface area contributed by atoms with Crippen LogP contribution in [-0.2, 0) is 14.3 Å². The number of amides is 1. The van der Waals surface area contributed by atoms with Crippen LogP contribution in [0.25, 0.3) is 0 Å². The van der Waals surface area contributed by atoms with E-state index in [2.05, 4.69) is 15.5 Å². The normalized spacial score (nSPS) is 17.0. The maximum atomic E-state index is 11.5. The minimum Gasteiger partial charge on any atom is -0.382 e. The van der Waals surface area contributed by atoms with Gasteiger partial charge in [0.05, 0.1) is 26.4 Å². The molecule has 0 aromatic heterocycles. The van der Waals surface area contributed by atoms with Crippen molar-refractivity contribution < 1.29 is 14.3 Å². The van der Waals surface area contributed by atoms with Gasteiger partial charge in [-0.15, -0.1) is 0 Å². The van der Waals surface area contributed by atoms with Crippen molar-refractivity contribution in [3.63, 3.8) is 0 Å². The third-order valence-electron chi connectivity index (χ3n) is 2.58. The molecule has 0 spiro atoms. The molecule has 1 aliphatic heterocycles. The highest BCUT2D eigenvalue weighted by Gasteiger charge is 2.12. The van der Waals surface area contributed by atoms with Crippen molar-refractivity contribution >= 4 is 5.91 Å². The molecule has 6 heteroatoms. The van der Waals surface area contributed by atoms with Gasteiger partial charge in [0.1, 0.15) is 0 Å². The van der Waals surface area contributed by atoms with Crippen molar-refractivity contribution in [3.05, 3.63) is 0 Å². The van der Waals surface area contributed by atoms with Gasteiger partial charge in [0.15, 0.2) is 0 Å². The van der Waals surface area contributed by atoms with E-state index in [1.165, 1.54) is 0 Å². The first-order valence-electron chi connectivity index (χ1n) is 6.09. The fourth-order valence-electron chi connectivity index (χ4n) is 1.64. The smallest absolute Gasteiger partial charge is 0.234 e. The lowest BCUT2D eigenvalue weighted by atomic mass is 10.3. The van der Waals surface area contributed by atoms with E-state index in [0.29, 0.717) is 32.9 Å². The number of hydrogen-bond donors (Lipinski definition) is 2. The molecule has 1 fully saturated rings. The minimum absolute atomic E-state index is 0.0715. The summed E-state index contributed by atoms with van der Waals surface area (Å²) in [6.07, 6.45) is 0. The van der Waals surface area contributed by atoms with Gasteiger partial charge in [0, 0.05) is 39.8 Å². The fraction of sp³-hybridized carbons (Fsp3) is 0.909. The Hall–Kier alpha value is -0.690. The Bertz CT molecular complexity index is 208. The van der Waals surface area contributed by atoms with E-state index >= 15 is 0 Å². The monoisotopic (exact) mass is 245 g/mol. The van der Waals surface area contributed by atoms with Gasteiger partial charge in [-0.25, -0.2) is 0 Å². The van der Waals surface area contributed by atoms with Crippen LogP contribution in [-0.4, -0.2) is 77.0 Å². The van der Waals surface area contributed by atoms with E-state index in [1.807, 2.05) is 0 Å². The maximum absolute atomic E-state index is 11.5. The third-order valence-corrected chi connectivity index (χ3v) is 2.58. The molecule has 1 aliphatic rings. The van der Waals surface area contributed by atoms with Gasteiger partial charge < -0.3 is 20.1 Å². The van der Waals surface area contributed by atoms with Crippen LogP contribution in [0.3, 0.4) is 0 Å². The molecule has 0 unspecified atom stereocenters. The van der Waals surface area contributed by atoms with E-state index in [0.717, 1.165) is 26.2 Å². The number of piperazine rings is 1. The lowest BCUT2D eigenvalue weighted by Crippen LogP contribution is -2.47. The molecule has 1 saturated heterocycles. The van der Waals surface area contributed by atoms with Crippen molar-refractivity contribution in [1.82, 2.24) is 15.5 Å². The zero-order chi connectivity index (χ0) is 12.3. The van der Waals surface area contributed by atoms with E-state index in [1.54, 1.807) is 7.11 Å². The molecule has 1 heterocycles. The third kappa shape index (κ3) is 7.27. The second-order valence-corrected chi connectivity index (χ2v) is 3.98. The van der Waals surface area contributed by atoms with Crippen molar-refractivity contribution in [2.24, 2.45) is 0 Å². The van der Waals surface area contributed by atoms with E-state index in [-0.39, 0.29) is 5.91 Å². The van der Waals surface area contributed by atoms with E-state index in [9.17, 15) is 4.79 Å². The molecule has 0 radical (unpaired) electrons. The SMILES string of the molecule is COCCOCCNC(=O)CN1CCNCC1. The van der Waals surface area contributed by atoms with Crippen LogP contribution in [0.4, 0.5) is 0 Å². The quantitative estimate of drug-likeness (QED) is 0.519. The molecule has 0 aromatic rings. The first-order valence-corrected chi connectivity index (χ1v) is 6.09. The molecule has 0 saturated carbocycles. The van der Waals surface area contributed by atoms with Gasteiger partial charge >= 0.3 is 0 Å². The standard InChI is InChI=1S/C11H23N3O3/c1-16-8-9-17-7-4-13-11(15)10-14-5-2-12-3-6-14/h12H,2-10H2,1H3,(H,13,15). The number of rotatable bonds is 8. The highest BCUT2D eigenvalue weighted by Crippen LogP contribution is 1.90. The summed E-state index contributed by atoms with van der Waals surface area (Å²) in [4.78, 5) is 13.7. The summed E-state index contributed by atoms with van der Waals surface area (Å²) in [5.74, 6) is 0.0715. The zero-order valence-electron chi connectivity index (χ0n) is 10.5. The molecule has 0 bridgehead atoms.